The molecule has 0 aliphatic heterocycles. The molecule has 0 saturated heterocycles. The second kappa shape index (κ2) is 5.49. The van der Waals surface area contributed by atoms with Gasteiger partial charge in [0.2, 0.25) is 0 Å². The number of hydrogen-bond acceptors (Lipinski definition) is 2. The molecule has 0 aliphatic carbocycles. The molecule has 0 spiro atoms. The first kappa shape index (κ1) is 11.7. The van der Waals surface area contributed by atoms with Crippen LogP contribution in [-0.2, 0) is 4.74 Å². The predicted octanol–water partition coefficient (Wildman–Crippen LogP) is 2.90. The Morgan fingerprint density at radius 3 is 2.87 bits per heavy atom. The molecule has 0 aromatic heterocycles. The number of benzene rings is 1. The lowest BCUT2D eigenvalue weighted by molar-refractivity contribution is 0.0312. The van der Waals surface area contributed by atoms with Crippen molar-refractivity contribution >= 4 is 5.97 Å². The number of rotatable bonds is 4. The van der Waals surface area contributed by atoms with Gasteiger partial charge in [0.1, 0.15) is 6.10 Å². The SMILES string of the molecule is Cc1cccc(C(=O)OC(C)CCF)c1. The van der Waals surface area contributed by atoms with Crippen molar-refractivity contribution in [3.05, 3.63) is 35.4 Å². The quantitative estimate of drug-likeness (QED) is 0.714. The first-order valence-corrected chi connectivity index (χ1v) is 4.97. The Morgan fingerprint density at radius 2 is 2.27 bits per heavy atom. The zero-order valence-electron chi connectivity index (χ0n) is 9.00. The Labute approximate surface area is 89.1 Å². The van der Waals surface area contributed by atoms with Gasteiger partial charge >= 0.3 is 5.97 Å². The van der Waals surface area contributed by atoms with E-state index in [0.717, 1.165) is 5.56 Å². The number of ether oxygens (including phenoxy) is 1. The zero-order valence-corrected chi connectivity index (χ0v) is 9.00. The van der Waals surface area contributed by atoms with E-state index in [-0.39, 0.29) is 18.5 Å². The second-order valence-corrected chi connectivity index (χ2v) is 3.56. The third-order valence-corrected chi connectivity index (χ3v) is 2.08. The minimum Gasteiger partial charge on any atom is -0.459 e. The Balaban J connectivity index is 2.61. The minimum atomic E-state index is -0.470. The van der Waals surface area contributed by atoms with Crippen LogP contribution >= 0.6 is 0 Å². The third-order valence-electron chi connectivity index (χ3n) is 2.08. The summed E-state index contributed by atoms with van der Waals surface area (Å²) >= 11 is 0. The van der Waals surface area contributed by atoms with Gasteiger partial charge in [-0.25, -0.2) is 4.79 Å². The molecular weight excluding hydrogens is 195 g/mol. The van der Waals surface area contributed by atoms with Crippen molar-refractivity contribution in [3.63, 3.8) is 0 Å². The maximum absolute atomic E-state index is 12.0. The molecule has 0 fully saturated rings. The van der Waals surface area contributed by atoms with Gasteiger partial charge in [0, 0.05) is 6.42 Å². The lowest BCUT2D eigenvalue weighted by atomic mass is 10.1. The van der Waals surface area contributed by atoms with Crippen LogP contribution in [0.3, 0.4) is 0 Å². The van der Waals surface area contributed by atoms with Crippen molar-refractivity contribution in [1.29, 1.82) is 0 Å². The van der Waals surface area contributed by atoms with E-state index in [9.17, 15) is 9.18 Å². The number of hydrogen-bond donors (Lipinski definition) is 0. The molecule has 0 amide bonds. The van der Waals surface area contributed by atoms with E-state index in [4.69, 9.17) is 4.74 Å². The van der Waals surface area contributed by atoms with E-state index in [1.54, 1.807) is 25.1 Å². The van der Waals surface area contributed by atoms with Crippen molar-refractivity contribution in [2.45, 2.75) is 26.4 Å². The van der Waals surface area contributed by atoms with Crippen molar-refractivity contribution in [2.75, 3.05) is 6.67 Å². The normalized spacial score (nSPS) is 12.2. The monoisotopic (exact) mass is 210 g/mol. The summed E-state index contributed by atoms with van der Waals surface area (Å²) < 4.78 is 17.0. The van der Waals surface area contributed by atoms with E-state index < -0.39 is 6.67 Å². The average Bonchev–Trinajstić information content (AvgIpc) is 2.18. The molecule has 1 atom stereocenters. The average molecular weight is 210 g/mol. The molecule has 0 N–H and O–H groups in total. The van der Waals surface area contributed by atoms with Gasteiger partial charge in [-0.3, -0.25) is 4.39 Å². The highest BCUT2D eigenvalue weighted by atomic mass is 19.1. The van der Waals surface area contributed by atoms with Gasteiger partial charge in [0.05, 0.1) is 12.2 Å². The summed E-state index contributed by atoms with van der Waals surface area (Å²) in [7, 11) is 0. The number of alkyl halides is 1. The predicted molar refractivity (Wildman–Crippen MR) is 56.6 cm³/mol. The first-order chi connectivity index (χ1) is 7.13. The van der Waals surface area contributed by atoms with Gasteiger partial charge in [-0.15, -0.1) is 0 Å². The van der Waals surface area contributed by atoms with Gasteiger partial charge in [0.25, 0.3) is 0 Å². The van der Waals surface area contributed by atoms with Crippen molar-refractivity contribution in [1.82, 2.24) is 0 Å². The van der Waals surface area contributed by atoms with E-state index >= 15 is 0 Å². The van der Waals surface area contributed by atoms with Crippen LogP contribution in [0.2, 0.25) is 0 Å². The lowest BCUT2D eigenvalue weighted by Crippen LogP contribution is -2.15. The molecule has 1 aromatic carbocycles. The summed E-state index contributed by atoms with van der Waals surface area (Å²) in [5.74, 6) is -0.389. The zero-order chi connectivity index (χ0) is 11.3. The molecule has 82 valence electrons. The van der Waals surface area contributed by atoms with Crippen LogP contribution in [0, 0.1) is 6.92 Å². The van der Waals surface area contributed by atoms with Crippen LogP contribution in [0.4, 0.5) is 4.39 Å². The largest absolute Gasteiger partial charge is 0.459 e. The lowest BCUT2D eigenvalue weighted by Gasteiger charge is -2.11. The smallest absolute Gasteiger partial charge is 0.338 e. The molecule has 2 nitrogen and oxygen atoms in total. The van der Waals surface area contributed by atoms with Gasteiger partial charge in [-0.05, 0) is 26.0 Å². The van der Waals surface area contributed by atoms with E-state index in [0.29, 0.717) is 5.56 Å². The molecule has 0 heterocycles. The molecule has 0 aliphatic rings. The van der Waals surface area contributed by atoms with Crippen molar-refractivity contribution < 1.29 is 13.9 Å². The molecule has 1 rings (SSSR count). The molecule has 1 aromatic rings. The van der Waals surface area contributed by atoms with Crippen LogP contribution in [0.15, 0.2) is 24.3 Å². The third kappa shape index (κ3) is 3.70. The fraction of sp³-hybridized carbons (Fsp3) is 0.417. The molecular formula is C12H15FO2. The second-order valence-electron chi connectivity index (χ2n) is 3.56. The Morgan fingerprint density at radius 1 is 1.53 bits per heavy atom. The maximum Gasteiger partial charge on any atom is 0.338 e. The summed E-state index contributed by atoms with van der Waals surface area (Å²) in [5.41, 5.74) is 1.52. The Kier molecular flexibility index (Phi) is 4.28. The van der Waals surface area contributed by atoms with E-state index in [2.05, 4.69) is 0 Å². The summed E-state index contributed by atoms with van der Waals surface area (Å²) in [6, 6.07) is 7.15. The fourth-order valence-electron chi connectivity index (χ4n) is 1.24. The van der Waals surface area contributed by atoms with Crippen LogP contribution in [0.25, 0.3) is 0 Å². The fourth-order valence-corrected chi connectivity index (χ4v) is 1.24. The highest BCUT2D eigenvalue weighted by Gasteiger charge is 2.11. The van der Waals surface area contributed by atoms with Crippen molar-refractivity contribution in [2.24, 2.45) is 0 Å². The first-order valence-electron chi connectivity index (χ1n) is 4.97. The molecule has 15 heavy (non-hydrogen) atoms. The highest BCUT2D eigenvalue weighted by Crippen LogP contribution is 2.08. The Bertz CT molecular complexity index is 336. The van der Waals surface area contributed by atoms with Gasteiger partial charge in [-0.1, -0.05) is 17.7 Å². The van der Waals surface area contributed by atoms with Gasteiger partial charge < -0.3 is 4.74 Å². The van der Waals surface area contributed by atoms with E-state index in [1.807, 2.05) is 13.0 Å². The van der Waals surface area contributed by atoms with Gasteiger partial charge in [0.15, 0.2) is 0 Å². The van der Waals surface area contributed by atoms with Crippen LogP contribution in [-0.4, -0.2) is 18.7 Å². The minimum absolute atomic E-state index is 0.248. The standard InChI is InChI=1S/C12H15FO2/c1-9-4-3-5-11(8-9)12(14)15-10(2)6-7-13/h3-5,8,10H,6-7H2,1-2H3. The number of aryl methyl sites for hydroxylation is 1. The van der Waals surface area contributed by atoms with E-state index in [1.165, 1.54) is 0 Å². The molecule has 0 bridgehead atoms. The van der Waals surface area contributed by atoms with Crippen LogP contribution in [0.1, 0.15) is 29.3 Å². The Hall–Kier alpha value is -1.38. The summed E-state index contributed by atoms with van der Waals surface area (Å²) in [6.07, 6.45) is -0.125. The van der Waals surface area contributed by atoms with Crippen LogP contribution < -0.4 is 0 Å². The molecule has 3 heteroatoms. The number of carbonyl (C=O) groups is 1. The van der Waals surface area contributed by atoms with Crippen LogP contribution in [0.5, 0.6) is 0 Å². The maximum atomic E-state index is 12.0. The molecule has 0 radical (unpaired) electrons. The summed E-state index contributed by atoms with van der Waals surface area (Å²) in [4.78, 5) is 11.5. The van der Waals surface area contributed by atoms with Crippen molar-refractivity contribution in [3.8, 4) is 0 Å². The molecule has 1 unspecified atom stereocenters. The topological polar surface area (TPSA) is 26.3 Å². The number of esters is 1. The highest BCUT2D eigenvalue weighted by molar-refractivity contribution is 5.89. The molecule has 0 saturated carbocycles. The number of halogens is 1. The summed E-state index contributed by atoms with van der Waals surface area (Å²) in [6.45, 7) is 3.12. The van der Waals surface area contributed by atoms with Gasteiger partial charge in [-0.2, -0.15) is 0 Å². The summed E-state index contributed by atoms with van der Waals surface area (Å²) in [5, 5.41) is 0. The number of carbonyl (C=O) groups excluding carboxylic acids is 1.